The number of halogens is 1. The highest BCUT2D eigenvalue weighted by Gasteiger charge is 2.16. The van der Waals surface area contributed by atoms with Crippen LogP contribution in [-0.2, 0) is 0 Å². The van der Waals surface area contributed by atoms with Crippen LogP contribution >= 0.6 is 11.6 Å². The minimum absolute atomic E-state index is 0.0662. The summed E-state index contributed by atoms with van der Waals surface area (Å²) in [7, 11) is 0. The van der Waals surface area contributed by atoms with Crippen molar-refractivity contribution in [3.05, 3.63) is 17.0 Å². The highest BCUT2D eigenvalue weighted by Crippen LogP contribution is 2.16. The van der Waals surface area contributed by atoms with Crippen LogP contribution < -0.4 is 10.2 Å². The molecule has 1 aromatic heterocycles. The van der Waals surface area contributed by atoms with E-state index in [2.05, 4.69) is 15.3 Å². The van der Waals surface area contributed by atoms with Gasteiger partial charge in [-0.2, -0.15) is 0 Å². The monoisotopic (exact) mass is 242 g/mol. The van der Waals surface area contributed by atoms with Crippen molar-refractivity contribution in [2.24, 2.45) is 0 Å². The van der Waals surface area contributed by atoms with E-state index >= 15 is 0 Å². The molecule has 0 atom stereocenters. The lowest BCUT2D eigenvalue weighted by Gasteiger charge is -2.28. The third kappa shape index (κ3) is 2.23. The molecule has 1 aliphatic rings. The Balaban J connectivity index is 2.23. The van der Waals surface area contributed by atoms with Crippen molar-refractivity contribution in [1.82, 2.24) is 15.3 Å². The molecule has 0 amide bonds. The van der Waals surface area contributed by atoms with Crippen LogP contribution in [0.15, 0.2) is 6.20 Å². The quantitative estimate of drug-likeness (QED) is 0.774. The Kier molecular flexibility index (Phi) is 3.21. The van der Waals surface area contributed by atoms with Crippen molar-refractivity contribution >= 4 is 23.4 Å². The van der Waals surface area contributed by atoms with Crippen molar-refractivity contribution in [3.63, 3.8) is 0 Å². The minimum Gasteiger partial charge on any atom is -0.476 e. The van der Waals surface area contributed by atoms with E-state index < -0.39 is 5.97 Å². The number of hydrogen-bond acceptors (Lipinski definition) is 5. The molecule has 0 spiro atoms. The number of hydrogen-bond donors (Lipinski definition) is 2. The zero-order chi connectivity index (χ0) is 11.5. The molecule has 2 heterocycles. The van der Waals surface area contributed by atoms with E-state index in [1.165, 1.54) is 6.20 Å². The van der Waals surface area contributed by atoms with Gasteiger partial charge >= 0.3 is 5.97 Å². The van der Waals surface area contributed by atoms with Crippen molar-refractivity contribution in [3.8, 4) is 0 Å². The number of rotatable bonds is 2. The minimum atomic E-state index is -1.16. The van der Waals surface area contributed by atoms with Crippen molar-refractivity contribution in [2.75, 3.05) is 31.1 Å². The number of nitrogens with one attached hydrogen (secondary N) is 1. The van der Waals surface area contributed by atoms with Gasteiger partial charge in [-0.1, -0.05) is 11.6 Å². The maximum absolute atomic E-state index is 10.7. The van der Waals surface area contributed by atoms with Gasteiger partial charge in [0.15, 0.2) is 10.8 Å². The van der Waals surface area contributed by atoms with Crippen molar-refractivity contribution < 1.29 is 9.90 Å². The predicted molar refractivity (Wildman–Crippen MR) is 59.1 cm³/mol. The first-order valence-corrected chi connectivity index (χ1v) is 5.28. The molecule has 1 fully saturated rings. The Morgan fingerprint density at radius 2 is 2.19 bits per heavy atom. The van der Waals surface area contributed by atoms with Crippen LogP contribution in [-0.4, -0.2) is 47.2 Å². The highest BCUT2D eigenvalue weighted by atomic mass is 35.5. The van der Waals surface area contributed by atoms with Crippen LogP contribution in [0.5, 0.6) is 0 Å². The molecule has 0 saturated carbocycles. The second-order valence-electron chi connectivity index (χ2n) is 3.41. The zero-order valence-corrected chi connectivity index (χ0v) is 9.24. The molecule has 1 saturated heterocycles. The fourth-order valence-electron chi connectivity index (χ4n) is 1.55. The number of aromatic nitrogens is 2. The number of aromatic carboxylic acids is 1. The number of carboxylic acid groups (broad SMARTS) is 1. The molecule has 16 heavy (non-hydrogen) atoms. The number of carbonyl (C=O) groups is 1. The SMILES string of the molecule is O=C(O)c1ncc(N2CCNCC2)nc1Cl. The predicted octanol–water partition coefficient (Wildman–Crippen LogP) is 0.238. The molecule has 0 bridgehead atoms. The summed E-state index contributed by atoms with van der Waals surface area (Å²) in [5.41, 5.74) is -0.208. The normalized spacial score (nSPS) is 16.2. The van der Waals surface area contributed by atoms with Gasteiger partial charge in [0.25, 0.3) is 0 Å². The fraction of sp³-hybridized carbons (Fsp3) is 0.444. The molecule has 6 nitrogen and oxygen atoms in total. The summed E-state index contributed by atoms with van der Waals surface area (Å²) in [5, 5.41) is 11.9. The molecule has 0 aliphatic carbocycles. The lowest BCUT2D eigenvalue weighted by molar-refractivity contribution is 0.0690. The lowest BCUT2D eigenvalue weighted by Crippen LogP contribution is -2.44. The van der Waals surface area contributed by atoms with Crippen LogP contribution in [0.3, 0.4) is 0 Å². The molecular weight excluding hydrogens is 232 g/mol. The van der Waals surface area contributed by atoms with E-state index in [0.717, 1.165) is 26.2 Å². The Hall–Kier alpha value is -1.40. The molecule has 1 aliphatic heterocycles. The van der Waals surface area contributed by atoms with Gasteiger partial charge in [0.2, 0.25) is 0 Å². The molecule has 0 aromatic carbocycles. The topological polar surface area (TPSA) is 78.3 Å². The molecule has 1 aromatic rings. The second-order valence-corrected chi connectivity index (χ2v) is 3.77. The Labute approximate surface area is 97.3 Å². The van der Waals surface area contributed by atoms with Gasteiger partial charge in [-0.05, 0) is 0 Å². The molecule has 7 heteroatoms. The Morgan fingerprint density at radius 3 is 2.75 bits per heavy atom. The largest absolute Gasteiger partial charge is 0.476 e. The smallest absolute Gasteiger partial charge is 0.357 e. The standard InChI is InChI=1S/C9H11ClN4O2/c10-8-7(9(15)16)12-5-6(13-8)14-3-1-11-2-4-14/h5,11H,1-4H2,(H,15,16). The van der Waals surface area contributed by atoms with Crippen LogP contribution in [0.4, 0.5) is 5.82 Å². The second kappa shape index (κ2) is 4.63. The van der Waals surface area contributed by atoms with E-state index in [1.54, 1.807) is 0 Å². The maximum Gasteiger partial charge on any atom is 0.357 e. The summed E-state index contributed by atoms with van der Waals surface area (Å²) < 4.78 is 0. The van der Waals surface area contributed by atoms with E-state index in [1.807, 2.05) is 4.90 Å². The molecule has 2 rings (SSSR count). The van der Waals surface area contributed by atoms with Gasteiger partial charge in [-0.15, -0.1) is 0 Å². The summed E-state index contributed by atoms with van der Waals surface area (Å²) >= 11 is 5.75. The third-order valence-corrected chi connectivity index (χ3v) is 2.62. The average molecular weight is 243 g/mol. The molecule has 2 N–H and O–H groups in total. The summed E-state index contributed by atoms with van der Waals surface area (Å²) in [6, 6.07) is 0. The Morgan fingerprint density at radius 1 is 1.50 bits per heavy atom. The van der Waals surface area contributed by atoms with Crippen LogP contribution in [0.1, 0.15) is 10.5 Å². The average Bonchev–Trinajstić information content (AvgIpc) is 2.29. The third-order valence-electron chi connectivity index (χ3n) is 2.36. The first-order chi connectivity index (χ1) is 7.68. The lowest BCUT2D eigenvalue weighted by atomic mass is 10.3. The zero-order valence-electron chi connectivity index (χ0n) is 8.48. The van der Waals surface area contributed by atoms with Gasteiger partial charge in [-0.25, -0.2) is 14.8 Å². The summed E-state index contributed by atoms with van der Waals surface area (Å²) in [5.74, 6) is -0.541. The number of anilines is 1. The van der Waals surface area contributed by atoms with Gasteiger partial charge < -0.3 is 15.3 Å². The van der Waals surface area contributed by atoms with Crippen LogP contribution in [0.25, 0.3) is 0 Å². The Bertz CT molecular complexity index is 406. The van der Waals surface area contributed by atoms with Gasteiger partial charge in [0.1, 0.15) is 5.82 Å². The molecular formula is C9H11ClN4O2. The maximum atomic E-state index is 10.7. The van der Waals surface area contributed by atoms with Crippen molar-refractivity contribution in [2.45, 2.75) is 0 Å². The highest BCUT2D eigenvalue weighted by molar-refractivity contribution is 6.32. The summed E-state index contributed by atoms with van der Waals surface area (Å²) in [6.07, 6.45) is 1.45. The van der Waals surface area contributed by atoms with Gasteiger partial charge in [0, 0.05) is 26.2 Å². The van der Waals surface area contributed by atoms with Gasteiger partial charge in [0.05, 0.1) is 6.20 Å². The number of piperazine rings is 1. The fourth-order valence-corrected chi connectivity index (χ4v) is 1.76. The first-order valence-electron chi connectivity index (χ1n) is 4.90. The van der Waals surface area contributed by atoms with Crippen LogP contribution in [0, 0.1) is 0 Å². The number of carboxylic acids is 1. The molecule has 0 radical (unpaired) electrons. The first kappa shape index (κ1) is 11.1. The van der Waals surface area contributed by atoms with E-state index in [4.69, 9.17) is 16.7 Å². The number of nitrogens with zero attached hydrogens (tertiary/aromatic N) is 3. The van der Waals surface area contributed by atoms with Gasteiger partial charge in [-0.3, -0.25) is 0 Å². The van der Waals surface area contributed by atoms with E-state index in [-0.39, 0.29) is 10.8 Å². The molecule has 0 unspecified atom stereocenters. The summed E-state index contributed by atoms with van der Waals surface area (Å²) in [4.78, 5) is 20.5. The summed E-state index contributed by atoms with van der Waals surface area (Å²) in [6.45, 7) is 3.38. The van der Waals surface area contributed by atoms with Crippen molar-refractivity contribution in [1.29, 1.82) is 0 Å². The molecule has 86 valence electrons. The van der Waals surface area contributed by atoms with E-state index in [9.17, 15) is 4.79 Å². The van der Waals surface area contributed by atoms with Crippen LogP contribution in [0.2, 0.25) is 5.15 Å². The van der Waals surface area contributed by atoms with E-state index in [0.29, 0.717) is 5.82 Å².